The molecule has 0 unspecified atom stereocenters. The third-order valence-electron chi connectivity index (χ3n) is 3.67. The average Bonchev–Trinajstić information content (AvgIpc) is 2.78. The van der Waals surface area contributed by atoms with Crippen LogP contribution in [0.3, 0.4) is 0 Å². The summed E-state index contributed by atoms with van der Waals surface area (Å²) in [4.78, 5) is 11.1. The van der Waals surface area contributed by atoms with Gasteiger partial charge < -0.3 is 4.74 Å². The van der Waals surface area contributed by atoms with Crippen molar-refractivity contribution in [2.75, 3.05) is 19.7 Å². The Hall–Kier alpha value is -1.79. The van der Waals surface area contributed by atoms with Crippen molar-refractivity contribution in [3.8, 4) is 0 Å². The zero-order chi connectivity index (χ0) is 14.7. The minimum Gasteiger partial charge on any atom is -0.374 e. The zero-order valence-electron chi connectivity index (χ0n) is 12.6. The number of hydrogen-bond acceptors (Lipinski definition) is 5. The highest BCUT2D eigenvalue weighted by Gasteiger charge is 2.22. The topological polar surface area (TPSA) is 56.1 Å². The number of aromatic nitrogens is 4. The van der Waals surface area contributed by atoms with Crippen molar-refractivity contribution < 1.29 is 4.74 Å². The molecule has 0 N–H and O–H groups in total. The summed E-state index contributed by atoms with van der Waals surface area (Å²) >= 11 is 0. The number of aryl methyl sites for hydroxylation is 2. The van der Waals surface area contributed by atoms with Crippen LogP contribution in [-0.2, 0) is 17.8 Å². The first-order chi connectivity index (χ1) is 10.2. The fourth-order valence-electron chi connectivity index (χ4n) is 2.68. The number of hydrogen-bond donors (Lipinski definition) is 0. The molecule has 6 heteroatoms. The van der Waals surface area contributed by atoms with Crippen molar-refractivity contribution in [3.63, 3.8) is 0 Å². The lowest BCUT2D eigenvalue weighted by Crippen LogP contribution is -2.44. The van der Waals surface area contributed by atoms with Crippen molar-refractivity contribution in [3.05, 3.63) is 41.7 Å². The van der Waals surface area contributed by atoms with Crippen molar-refractivity contribution in [1.29, 1.82) is 0 Å². The van der Waals surface area contributed by atoms with E-state index in [1.165, 1.54) is 0 Å². The Morgan fingerprint density at radius 3 is 2.95 bits per heavy atom. The highest BCUT2D eigenvalue weighted by Crippen LogP contribution is 2.11. The van der Waals surface area contributed by atoms with Crippen LogP contribution in [0.25, 0.3) is 0 Å². The van der Waals surface area contributed by atoms with E-state index in [1.54, 1.807) is 0 Å². The third kappa shape index (κ3) is 3.65. The lowest BCUT2D eigenvalue weighted by atomic mass is 10.2. The molecular formula is C15H21N5O. The lowest BCUT2D eigenvalue weighted by molar-refractivity contribution is -0.0408. The molecule has 0 spiro atoms. The van der Waals surface area contributed by atoms with E-state index in [2.05, 4.69) is 26.0 Å². The molecule has 1 aliphatic rings. The van der Waals surface area contributed by atoms with E-state index in [0.29, 0.717) is 0 Å². The molecule has 0 bridgehead atoms. The normalized spacial score (nSPS) is 19.8. The first-order valence-electron chi connectivity index (χ1n) is 7.32. The van der Waals surface area contributed by atoms with Gasteiger partial charge in [-0.25, -0.2) is 9.67 Å². The Balaban J connectivity index is 1.59. The van der Waals surface area contributed by atoms with Crippen LogP contribution >= 0.6 is 0 Å². The minimum atomic E-state index is 0.155. The van der Waals surface area contributed by atoms with E-state index in [4.69, 9.17) is 4.74 Å². The second-order valence-corrected chi connectivity index (χ2v) is 5.44. The highest BCUT2D eigenvalue weighted by atomic mass is 16.5. The number of ether oxygens (including phenoxy) is 1. The van der Waals surface area contributed by atoms with Crippen LogP contribution in [0.2, 0.25) is 0 Å². The van der Waals surface area contributed by atoms with Gasteiger partial charge in [0, 0.05) is 25.8 Å². The Bertz CT molecular complexity index is 583. The van der Waals surface area contributed by atoms with Crippen molar-refractivity contribution in [2.45, 2.75) is 33.0 Å². The number of nitrogens with zero attached hydrogens (tertiary/aromatic N) is 5. The molecule has 112 valence electrons. The van der Waals surface area contributed by atoms with Crippen LogP contribution in [0.5, 0.6) is 0 Å². The monoisotopic (exact) mass is 287 g/mol. The van der Waals surface area contributed by atoms with Crippen LogP contribution in [0, 0.1) is 13.8 Å². The second-order valence-electron chi connectivity index (χ2n) is 5.44. The standard InChI is InChI=1S/C15H21N5O/c1-12-17-13(2)20(18-12)11-15-10-19(7-8-21-15)9-14-5-3-4-6-16-14/h3-6,15H,7-11H2,1-2H3/t15-/m0/s1. The van der Waals surface area contributed by atoms with E-state index < -0.39 is 0 Å². The van der Waals surface area contributed by atoms with Crippen LogP contribution < -0.4 is 0 Å². The van der Waals surface area contributed by atoms with Gasteiger partial charge in [-0.05, 0) is 26.0 Å². The molecule has 2 aromatic rings. The van der Waals surface area contributed by atoms with Crippen LogP contribution in [-0.4, -0.2) is 50.4 Å². The van der Waals surface area contributed by atoms with Crippen molar-refractivity contribution in [2.24, 2.45) is 0 Å². The summed E-state index contributed by atoms with van der Waals surface area (Å²) in [6.45, 7) is 8.12. The number of morpholine rings is 1. The van der Waals surface area contributed by atoms with Gasteiger partial charge in [-0.3, -0.25) is 9.88 Å². The summed E-state index contributed by atoms with van der Waals surface area (Å²) in [7, 11) is 0. The summed E-state index contributed by atoms with van der Waals surface area (Å²) < 4.78 is 7.80. The largest absolute Gasteiger partial charge is 0.374 e. The first-order valence-corrected chi connectivity index (χ1v) is 7.32. The van der Waals surface area contributed by atoms with Crippen LogP contribution in [0.4, 0.5) is 0 Å². The number of pyridine rings is 1. The number of rotatable bonds is 4. The van der Waals surface area contributed by atoms with Gasteiger partial charge in [-0.1, -0.05) is 6.07 Å². The summed E-state index contributed by atoms with van der Waals surface area (Å²) in [5.41, 5.74) is 1.10. The molecule has 1 atom stereocenters. The quantitative estimate of drug-likeness (QED) is 0.845. The molecule has 0 aromatic carbocycles. The van der Waals surface area contributed by atoms with Gasteiger partial charge in [0.2, 0.25) is 0 Å². The summed E-state index contributed by atoms with van der Waals surface area (Å²) in [5.74, 6) is 1.76. The first kappa shape index (κ1) is 14.2. The van der Waals surface area contributed by atoms with E-state index in [-0.39, 0.29) is 6.10 Å². The van der Waals surface area contributed by atoms with Crippen molar-refractivity contribution >= 4 is 0 Å². The molecule has 3 rings (SSSR count). The Morgan fingerprint density at radius 2 is 2.24 bits per heavy atom. The summed E-state index contributed by atoms with van der Waals surface area (Å²) in [6.07, 6.45) is 2.00. The van der Waals surface area contributed by atoms with Gasteiger partial charge in [-0.15, -0.1) is 0 Å². The molecule has 0 radical (unpaired) electrons. The molecule has 0 saturated carbocycles. The van der Waals surface area contributed by atoms with E-state index in [0.717, 1.165) is 50.1 Å². The third-order valence-corrected chi connectivity index (χ3v) is 3.67. The van der Waals surface area contributed by atoms with Crippen LogP contribution in [0.15, 0.2) is 24.4 Å². The van der Waals surface area contributed by atoms with Crippen LogP contribution in [0.1, 0.15) is 17.3 Å². The predicted octanol–water partition coefficient (Wildman–Crippen LogP) is 1.19. The average molecular weight is 287 g/mol. The molecule has 21 heavy (non-hydrogen) atoms. The molecule has 3 heterocycles. The highest BCUT2D eigenvalue weighted by molar-refractivity contribution is 5.03. The zero-order valence-corrected chi connectivity index (χ0v) is 12.6. The smallest absolute Gasteiger partial charge is 0.147 e. The maximum atomic E-state index is 5.86. The van der Waals surface area contributed by atoms with Gasteiger partial charge in [0.15, 0.2) is 0 Å². The fraction of sp³-hybridized carbons (Fsp3) is 0.533. The van der Waals surface area contributed by atoms with E-state index in [1.807, 2.05) is 36.9 Å². The van der Waals surface area contributed by atoms with Gasteiger partial charge in [-0.2, -0.15) is 5.10 Å². The molecule has 6 nitrogen and oxygen atoms in total. The van der Waals surface area contributed by atoms with Gasteiger partial charge in [0.05, 0.1) is 24.9 Å². The molecular weight excluding hydrogens is 266 g/mol. The maximum absolute atomic E-state index is 5.86. The lowest BCUT2D eigenvalue weighted by Gasteiger charge is -2.32. The second kappa shape index (κ2) is 6.32. The molecule has 0 aliphatic carbocycles. The molecule has 0 amide bonds. The van der Waals surface area contributed by atoms with Gasteiger partial charge in [0.1, 0.15) is 11.6 Å². The molecule has 1 fully saturated rings. The maximum Gasteiger partial charge on any atom is 0.147 e. The minimum absolute atomic E-state index is 0.155. The SMILES string of the molecule is Cc1nc(C)n(C[C@@H]2CN(Cc3ccccn3)CCO2)n1. The Labute approximate surface area is 124 Å². The Kier molecular flexibility index (Phi) is 4.26. The summed E-state index contributed by atoms with van der Waals surface area (Å²) in [5, 5.41) is 4.41. The van der Waals surface area contributed by atoms with E-state index >= 15 is 0 Å². The molecule has 1 saturated heterocycles. The Morgan fingerprint density at radius 1 is 1.33 bits per heavy atom. The predicted molar refractivity (Wildman–Crippen MR) is 78.8 cm³/mol. The van der Waals surface area contributed by atoms with Crippen molar-refractivity contribution in [1.82, 2.24) is 24.6 Å². The van der Waals surface area contributed by atoms with E-state index in [9.17, 15) is 0 Å². The molecule has 1 aliphatic heterocycles. The molecule has 2 aromatic heterocycles. The van der Waals surface area contributed by atoms with Gasteiger partial charge >= 0.3 is 0 Å². The fourth-order valence-corrected chi connectivity index (χ4v) is 2.68. The summed E-state index contributed by atoms with van der Waals surface area (Å²) in [6, 6.07) is 6.04. The van der Waals surface area contributed by atoms with Gasteiger partial charge in [0.25, 0.3) is 0 Å².